The van der Waals surface area contributed by atoms with Gasteiger partial charge in [0.05, 0.1) is 5.54 Å². The molecule has 1 fully saturated rings. The Morgan fingerprint density at radius 2 is 1.50 bits per heavy atom. The highest BCUT2D eigenvalue weighted by atomic mass is 32.2. The molecule has 1 heterocycles. The highest BCUT2D eigenvalue weighted by Gasteiger charge is 2.34. The molecule has 0 unspecified atom stereocenters. The van der Waals surface area contributed by atoms with Crippen LogP contribution in [0.15, 0.2) is 80.9 Å². The molecule has 1 saturated carbocycles. The molecule has 1 nitrogen and oxygen atoms in total. The van der Waals surface area contributed by atoms with E-state index in [1.807, 2.05) is 23.5 Å². The van der Waals surface area contributed by atoms with Gasteiger partial charge in [-0.15, -0.1) is 0 Å². The molecule has 1 aliphatic carbocycles. The fourth-order valence-electron chi connectivity index (χ4n) is 3.38. The van der Waals surface area contributed by atoms with Gasteiger partial charge in [0.2, 0.25) is 0 Å². The van der Waals surface area contributed by atoms with Gasteiger partial charge in [-0.1, -0.05) is 91.3 Å². The lowest BCUT2D eigenvalue weighted by atomic mass is 9.82. The number of hydrogen-bond acceptors (Lipinski definition) is 3. The lowest BCUT2D eigenvalue weighted by Gasteiger charge is -2.35. The van der Waals surface area contributed by atoms with Gasteiger partial charge < -0.3 is 0 Å². The summed E-state index contributed by atoms with van der Waals surface area (Å²) in [5, 5.41) is 1.18. The van der Waals surface area contributed by atoms with Crippen LogP contribution in [-0.2, 0) is 0 Å². The number of benzene rings is 2. The third-order valence-electron chi connectivity index (χ3n) is 4.61. The van der Waals surface area contributed by atoms with Crippen molar-refractivity contribution in [2.45, 2.75) is 42.5 Å². The van der Waals surface area contributed by atoms with Crippen LogP contribution in [-0.4, -0.2) is 10.6 Å². The first-order valence-corrected chi connectivity index (χ1v) is 10.3. The minimum atomic E-state index is 0.0196. The molecule has 0 aromatic heterocycles. The Morgan fingerprint density at radius 1 is 0.833 bits per heavy atom. The second-order valence-corrected chi connectivity index (χ2v) is 8.83. The van der Waals surface area contributed by atoms with Crippen LogP contribution >= 0.6 is 23.5 Å². The SMILES string of the molecule is C1=C(Sc2ccccc2)SC(c2ccccc2)=NC12CCCCC2. The van der Waals surface area contributed by atoms with E-state index < -0.39 is 0 Å². The molecule has 1 aliphatic heterocycles. The van der Waals surface area contributed by atoms with Gasteiger partial charge in [0.1, 0.15) is 5.04 Å². The van der Waals surface area contributed by atoms with Gasteiger partial charge >= 0.3 is 0 Å². The number of nitrogens with zero attached hydrogens (tertiary/aromatic N) is 1. The maximum atomic E-state index is 5.22. The molecular formula is C21H21NS2. The van der Waals surface area contributed by atoms with E-state index in [2.05, 4.69) is 66.7 Å². The molecule has 3 heteroatoms. The summed E-state index contributed by atoms with van der Waals surface area (Å²) in [7, 11) is 0. The van der Waals surface area contributed by atoms with Crippen LogP contribution in [0.4, 0.5) is 0 Å². The van der Waals surface area contributed by atoms with Crippen molar-refractivity contribution < 1.29 is 0 Å². The number of aliphatic imine (C=N–C) groups is 1. The van der Waals surface area contributed by atoms with E-state index in [9.17, 15) is 0 Å². The molecule has 2 aromatic rings. The molecule has 0 atom stereocenters. The van der Waals surface area contributed by atoms with Crippen LogP contribution in [0.2, 0.25) is 0 Å². The summed E-state index contributed by atoms with van der Waals surface area (Å²) in [5.74, 6) is 0. The van der Waals surface area contributed by atoms with Crippen molar-refractivity contribution in [1.29, 1.82) is 0 Å². The van der Waals surface area contributed by atoms with Crippen molar-refractivity contribution in [1.82, 2.24) is 0 Å². The van der Waals surface area contributed by atoms with E-state index in [-0.39, 0.29) is 5.54 Å². The first-order valence-electron chi connectivity index (χ1n) is 8.62. The van der Waals surface area contributed by atoms with Gasteiger partial charge in [0.15, 0.2) is 0 Å². The van der Waals surface area contributed by atoms with Crippen LogP contribution in [0, 0.1) is 0 Å². The van der Waals surface area contributed by atoms with Crippen molar-refractivity contribution in [3.8, 4) is 0 Å². The average Bonchev–Trinajstić information content (AvgIpc) is 2.63. The largest absolute Gasteiger partial charge is 0.267 e. The number of thioether (sulfide) groups is 2. The molecule has 24 heavy (non-hydrogen) atoms. The normalized spacial score (nSPS) is 19.7. The average molecular weight is 352 g/mol. The van der Waals surface area contributed by atoms with Gasteiger partial charge in [-0.2, -0.15) is 0 Å². The van der Waals surface area contributed by atoms with Crippen molar-refractivity contribution in [2.75, 3.05) is 0 Å². The van der Waals surface area contributed by atoms with Crippen LogP contribution in [0.25, 0.3) is 0 Å². The highest BCUT2D eigenvalue weighted by Crippen LogP contribution is 2.46. The van der Waals surface area contributed by atoms with Gasteiger partial charge in [-0.05, 0) is 31.1 Å². The predicted octanol–water partition coefficient (Wildman–Crippen LogP) is 6.52. The Hall–Kier alpha value is -1.45. The molecule has 2 aromatic carbocycles. The minimum absolute atomic E-state index is 0.0196. The number of rotatable bonds is 3. The summed E-state index contributed by atoms with van der Waals surface area (Å²) < 4.78 is 1.37. The molecule has 0 saturated heterocycles. The summed E-state index contributed by atoms with van der Waals surface area (Å²) in [6.45, 7) is 0. The molecule has 0 radical (unpaired) electrons. The second-order valence-electron chi connectivity index (χ2n) is 6.43. The Labute approximate surface area is 152 Å². The fourth-order valence-corrected chi connectivity index (χ4v) is 5.83. The summed E-state index contributed by atoms with van der Waals surface area (Å²) in [6.07, 6.45) is 8.73. The summed E-state index contributed by atoms with van der Waals surface area (Å²) in [5.41, 5.74) is 1.26. The molecule has 0 amide bonds. The Kier molecular flexibility index (Phi) is 4.81. The van der Waals surface area contributed by atoms with E-state index in [4.69, 9.17) is 4.99 Å². The lowest BCUT2D eigenvalue weighted by molar-refractivity contribution is 0.361. The van der Waals surface area contributed by atoms with E-state index >= 15 is 0 Å². The maximum absolute atomic E-state index is 5.22. The molecule has 0 N–H and O–H groups in total. The zero-order valence-electron chi connectivity index (χ0n) is 13.7. The second kappa shape index (κ2) is 7.20. The molecule has 122 valence electrons. The van der Waals surface area contributed by atoms with Crippen LogP contribution in [0.1, 0.15) is 37.7 Å². The summed E-state index contributed by atoms with van der Waals surface area (Å²) in [6, 6.07) is 21.3. The van der Waals surface area contributed by atoms with E-state index in [1.165, 1.54) is 51.8 Å². The van der Waals surface area contributed by atoms with Crippen molar-refractivity contribution >= 4 is 28.6 Å². The zero-order valence-corrected chi connectivity index (χ0v) is 15.3. The molecule has 0 bridgehead atoms. The van der Waals surface area contributed by atoms with Gasteiger partial charge in [0, 0.05) is 14.7 Å². The first-order chi connectivity index (χ1) is 11.8. The fraction of sp³-hybridized carbons (Fsp3) is 0.286. The van der Waals surface area contributed by atoms with Gasteiger partial charge in [-0.25, -0.2) is 0 Å². The quantitative estimate of drug-likeness (QED) is 0.624. The predicted molar refractivity (Wildman–Crippen MR) is 107 cm³/mol. The van der Waals surface area contributed by atoms with E-state index in [0.717, 1.165) is 0 Å². The Bertz CT molecular complexity index is 744. The topological polar surface area (TPSA) is 12.4 Å². The Balaban J connectivity index is 1.67. The van der Waals surface area contributed by atoms with Crippen LogP contribution < -0.4 is 0 Å². The highest BCUT2D eigenvalue weighted by molar-refractivity contribution is 8.30. The lowest BCUT2D eigenvalue weighted by Crippen LogP contribution is -2.30. The minimum Gasteiger partial charge on any atom is -0.267 e. The van der Waals surface area contributed by atoms with Crippen molar-refractivity contribution in [2.24, 2.45) is 4.99 Å². The first kappa shape index (κ1) is 16.0. The van der Waals surface area contributed by atoms with Gasteiger partial charge in [0.25, 0.3) is 0 Å². The monoisotopic (exact) mass is 351 g/mol. The van der Waals surface area contributed by atoms with Crippen molar-refractivity contribution in [3.05, 3.63) is 76.5 Å². The molecular weight excluding hydrogens is 330 g/mol. The third kappa shape index (κ3) is 3.62. The molecule has 4 rings (SSSR count). The van der Waals surface area contributed by atoms with Crippen LogP contribution in [0.5, 0.6) is 0 Å². The molecule has 2 aliphatic rings. The van der Waals surface area contributed by atoms with Crippen LogP contribution in [0.3, 0.4) is 0 Å². The molecule has 1 spiro atoms. The standard InChI is InChI=1S/C21H21NS2/c1-4-10-17(11-5-1)20-22-21(14-8-3-9-15-21)16-19(24-20)23-18-12-6-2-7-13-18/h1-2,4-7,10-13,16H,3,8-9,14-15H2. The summed E-state index contributed by atoms with van der Waals surface area (Å²) in [4.78, 5) is 6.53. The van der Waals surface area contributed by atoms with Crippen molar-refractivity contribution in [3.63, 3.8) is 0 Å². The zero-order chi connectivity index (χ0) is 16.2. The number of hydrogen-bond donors (Lipinski definition) is 0. The Morgan fingerprint density at radius 3 is 2.21 bits per heavy atom. The third-order valence-corrected chi connectivity index (χ3v) is 6.78. The maximum Gasteiger partial charge on any atom is 0.104 e. The van der Waals surface area contributed by atoms with E-state index in [1.54, 1.807) is 0 Å². The smallest absolute Gasteiger partial charge is 0.104 e. The summed E-state index contributed by atoms with van der Waals surface area (Å²) >= 11 is 3.69. The van der Waals surface area contributed by atoms with Gasteiger partial charge in [-0.3, -0.25) is 4.99 Å². The van der Waals surface area contributed by atoms with E-state index in [0.29, 0.717) is 0 Å².